The monoisotopic (exact) mass is 281 g/mol. The molecule has 5 heteroatoms. The predicted molar refractivity (Wildman–Crippen MR) is 78.0 cm³/mol. The van der Waals surface area contributed by atoms with E-state index in [1.165, 1.54) is 4.88 Å². The molecule has 0 radical (unpaired) electrons. The summed E-state index contributed by atoms with van der Waals surface area (Å²) in [6, 6.07) is 4.41. The van der Waals surface area contributed by atoms with Crippen LogP contribution in [0.5, 0.6) is 0 Å². The first-order valence-electron chi connectivity index (χ1n) is 6.97. The van der Waals surface area contributed by atoms with Crippen molar-refractivity contribution in [2.45, 2.75) is 43.1 Å². The molecule has 3 N–H and O–H groups in total. The van der Waals surface area contributed by atoms with Crippen LogP contribution in [0.2, 0.25) is 0 Å². The highest BCUT2D eigenvalue weighted by Crippen LogP contribution is 2.46. The summed E-state index contributed by atoms with van der Waals surface area (Å²) in [5, 5.41) is 18.2. The Kier molecular flexibility index (Phi) is 3.43. The van der Waals surface area contributed by atoms with Crippen LogP contribution in [0.15, 0.2) is 17.5 Å². The van der Waals surface area contributed by atoms with Crippen LogP contribution in [0.3, 0.4) is 0 Å². The van der Waals surface area contributed by atoms with Crippen LogP contribution in [-0.2, 0) is 5.54 Å². The molecule has 3 rings (SSSR count). The van der Waals surface area contributed by atoms with Gasteiger partial charge >= 0.3 is 0 Å². The minimum Gasteiger partial charge on any atom is -0.365 e. The number of hydrogen-bond acceptors (Lipinski definition) is 5. The zero-order valence-corrected chi connectivity index (χ0v) is 12.5. The Labute approximate surface area is 118 Å². The van der Waals surface area contributed by atoms with E-state index in [9.17, 15) is 5.11 Å². The van der Waals surface area contributed by atoms with Gasteiger partial charge in [-0.05, 0) is 51.2 Å². The van der Waals surface area contributed by atoms with Gasteiger partial charge in [0.25, 0.3) is 0 Å². The highest BCUT2D eigenvalue weighted by Gasteiger charge is 2.47. The number of thiophene rings is 1. The molecule has 106 valence electrons. The fourth-order valence-electron chi connectivity index (χ4n) is 3.60. The molecule has 2 heterocycles. The maximum Gasteiger partial charge on any atom is 0.161 e. The second kappa shape index (κ2) is 4.82. The van der Waals surface area contributed by atoms with Crippen molar-refractivity contribution in [2.75, 3.05) is 20.6 Å². The van der Waals surface area contributed by atoms with Gasteiger partial charge in [0, 0.05) is 17.0 Å². The van der Waals surface area contributed by atoms with Gasteiger partial charge in [-0.3, -0.25) is 15.5 Å². The lowest BCUT2D eigenvalue weighted by Gasteiger charge is -2.48. The maximum absolute atomic E-state index is 9.64. The van der Waals surface area contributed by atoms with Gasteiger partial charge in [-0.25, -0.2) is 0 Å². The van der Waals surface area contributed by atoms with Crippen molar-refractivity contribution in [3.8, 4) is 0 Å². The summed E-state index contributed by atoms with van der Waals surface area (Å²) in [7, 11) is 4.37. The molecule has 1 aromatic rings. The first-order valence-corrected chi connectivity index (χ1v) is 7.85. The fraction of sp³-hybridized carbons (Fsp3) is 0.714. The lowest BCUT2D eigenvalue weighted by Crippen LogP contribution is -2.54. The number of nitrogens with zero attached hydrogens (tertiary/aromatic N) is 1. The summed E-state index contributed by atoms with van der Waals surface area (Å²) >= 11 is 1.86. The summed E-state index contributed by atoms with van der Waals surface area (Å²) in [5.74, 6) is 0. The fourth-order valence-corrected chi connectivity index (χ4v) is 4.67. The molecule has 0 amide bonds. The number of rotatable bonds is 2. The van der Waals surface area contributed by atoms with E-state index in [-0.39, 0.29) is 11.1 Å². The average molecular weight is 281 g/mol. The highest BCUT2D eigenvalue weighted by molar-refractivity contribution is 7.10. The molecule has 2 aliphatic rings. The summed E-state index contributed by atoms with van der Waals surface area (Å²) in [6.07, 6.45) is 3.96. The quantitative estimate of drug-likeness (QED) is 0.764. The third kappa shape index (κ3) is 2.23. The molecule has 1 aliphatic carbocycles. The molecule has 1 spiro atoms. The molecular weight excluding hydrogens is 258 g/mol. The third-order valence-corrected chi connectivity index (χ3v) is 6.01. The molecular formula is C14H23N3OS. The van der Waals surface area contributed by atoms with Gasteiger partial charge in [-0.1, -0.05) is 6.07 Å². The Morgan fingerprint density at radius 1 is 1.32 bits per heavy atom. The van der Waals surface area contributed by atoms with E-state index < -0.39 is 6.35 Å². The molecule has 1 aliphatic heterocycles. The maximum atomic E-state index is 9.64. The van der Waals surface area contributed by atoms with Gasteiger partial charge in [0.05, 0.1) is 5.54 Å². The Bertz CT molecular complexity index is 424. The summed E-state index contributed by atoms with van der Waals surface area (Å²) in [6.45, 7) is 0.877. The standard InChI is InChI=1S/C14H23N3OS/c1-17(2)14(11-4-3-9-19-11)7-5-13(6-8-14)10-15-12(18)16-13/h3-4,9,12,15-16,18H,5-8,10H2,1-2H3/t12?,13-,14-. The highest BCUT2D eigenvalue weighted by atomic mass is 32.1. The number of aliphatic hydroxyl groups excluding tert-OH is 1. The van der Waals surface area contributed by atoms with E-state index in [0.29, 0.717) is 0 Å². The van der Waals surface area contributed by atoms with Crippen molar-refractivity contribution in [1.29, 1.82) is 0 Å². The second-order valence-electron chi connectivity index (χ2n) is 6.11. The molecule has 1 unspecified atom stereocenters. The van der Waals surface area contributed by atoms with Gasteiger partial charge in [0.2, 0.25) is 0 Å². The normalized spacial score (nSPS) is 39.3. The van der Waals surface area contributed by atoms with E-state index in [0.717, 1.165) is 32.2 Å². The predicted octanol–water partition coefficient (Wildman–Crippen LogP) is 1.29. The minimum absolute atomic E-state index is 0.0934. The van der Waals surface area contributed by atoms with Gasteiger partial charge in [-0.2, -0.15) is 0 Å². The topological polar surface area (TPSA) is 47.5 Å². The van der Waals surface area contributed by atoms with Gasteiger partial charge in [-0.15, -0.1) is 11.3 Å². The zero-order valence-electron chi connectivity index (χ0n) is 11.6. The minimum atomic E-state index is -0.534. The molecule has 4 nitrogen and oxygen atoms in total. The molecule has 1 saturated heterocycles. The van der Waals surface area contributed by atoms with Gasteiger partial charge < -0.3 is 5.11 Å². The number of aliphatic hydroxyl groups is 1. The lowest BCUT2D eigenvalue weighted by molar-refractivity contribution is 0.0527. The van der Waals surface area contributed by atoms with Crippen molar-refractivity contribution < 1.29 is 5.11 Å². The SMILES string of the molecule is CN(C)[C@]1(c2cccs2)CC[C@@]2(CC1)CNC(O)N2. The number of hydrogen-bond donors (Lipinski definition) is 3. The van der Waals surface area contributed by atoms with Gasteiger partial charge in [0.15, 0.2) is 6.35 Å². The van der Waals surface area contributed by atoms with E-state index in [2.05, 4.69) is 47.1 Å². The van der Waals surface area contributed by atoms with E-state index >= 15 is 0 Å². The van der Waals surface area contributed by atoms with Crippen LogP contribution in [-0.4, -0.2) is 42.5 Å². The van der Waals surface area contributed by atoms with Crippen molar-refractivity contribution >= 4 is 11.3 Å². The Hall–Kier alpha value is -0.460. The first-order chi connectivity index (χ1) is 9.06. The smallest absolute Gasteiger partial charge is 0.161 e. The number of nitrogens with one attached hydrogen (secondary N) is 2. The van der Waals surface area contributed by atoms with E-state index in [4.69, 9.17) is 0 Å². The van der Waals surface area contributed by atoms with E-state index in [1.807, 2.05) is 11.3 Å². The second-order valence-corrected chi connectivity index (χ2v) is 7.06. The Balaban J connectivity index is 1.80. The molecule has 0 aromatic carbocycles. The molecule has 1 saturated carbocycles. The van der Waals surface area contributed by atoms with Crippen LogP contribution in [0, 0.1) is 0 Å². The lowest BCUT2D eigenvalue weighted by atomic mass is 9.71. The van der Waals surface area contributed by atoms with E-state index in [1.54, 1.807) is 0 Å². The van der Waals surface area contributed by atoms with Crippen LogP contribution in [0.1, 0.15) is 30.6 Å². The summed E-state index contributed by atoms with van der Waals surface area (Å²) < 4.78 is 0. The summed E-state index contributed by atoms with van der Waals surface area (Å²) in [4.78, 5) is 3.85. The van der Waals surface area contributed by atoms with Crippen LogP contribution in [0.25, 0.3) is 0 Å². The van der Waals surface area contributed by atoms with Crippen molar-refractivity contribution in [2.24, 2.45) is 0 Å². The largest absolute Gasteiger partial charge is 0.365 e. The summed E-state index contributed by atoms with van der Waals surface area (Å²) in [5.41, 5.74) is 0.269. The Morgan fingerprint density at radius 2 is 2.05 bits per heavy atom. The van der Waals surface area contributed by atoms with Crippen LogP contribution < -0.4 is 10.6 Å². The molecule has 1 atom stereocenters. The first kappa shape index (κ1) is 13.5. The molecule has 0 bridgehead atoms. The van der Waals surface area contributed by atoms with Crippen molar-refractivity contribution in [3.05, 3.63) is 22.4 Å². The molecule has 2 fully saturated rings. The van der Waals surface area contributed by atoms with Gasteiger partial charge in [0.1, 0.15) is 0 Å². The Morgan fingerprint density at radius 3 is 2.53 bits per heavy atom. The third-order valence-electron chi connectivity index (χ3n) is 4.95. The molecule has 19 heavy (non-hydrogen) atoms. The van der Waals surface area contributed by atoms with Crippen molar-refractivity contribution in [1.82, 2.24) is 15.5 Å². The average Bonchev–Trinajstić information content (AvgIpc) is 3.02. The zero-order chi connectivity index (χ0) is 13.5. The molecule has 1 aromatic heterocycles. The van der Waals surface area contributed by atoms with Crippen LogP contribution in [0.4, 0.5) is 0 Å². The van der Waals surface area contributed by atoms with Crippen LogP contribution >= 0.6 is 11.3 Å². The van der Waals surface area contributed by atoms with Crippen molar-refractivity contribution in [3.63, 3.8) is 0 Å².